The lowest BCUT2D eigenvalue weighted by Gasteiger charge is -2.40. The smallest absolute Gasteiger partial charge is 0.250 e. The molecule has 0 saturated carbocycles. The first-order valence-corrected chi connectivity index (χ1v) is 17.4. The molecule has 0 aliphatic carbocycles. The molecule has 1 aliphatic heterocycles. The van der Waals surface area contributed by atoms with Crippen LogP contribution in [0.15, 0.2) is 47.7 Å². The number of hydrogen-bond acceptors (Lipinski definition) is 8. The zero-order chi connectivity index (χ0) is 35.7. The summed E-state index contributed by atoms with van der Waals surface area (Å²) in [6.45, 7) is 10.1. The molecule has 48 heavy (non-hydrogen) atoms. The highest BCUT2D eigenvalue weighted by Crippen LogP contribution is 2.35. The third-order valence-corrected chi connectivity index (χ3v) is 9.93. The maximum absolute atomic E-state index is 14.5. The van der Waals surface area contributed by atoms with Crippen LogP contribution in [-0.4, -0.2) is 108 Å². The zero-order valence-electron chi connectivity index (χ0n) is 30.1. The number of ether oxygens (including phenoxy) is 2. The lowest BCUT2D eigenvalue weighted by Crippen LogP contribution is -2.59. The Hall–Kier alpha value is -3.93. The Morgan fingerprint density at radius 3 is 2.17 bits per heavy atom. The monoisotopic (exact) mass is 683 g/mol. The average Bonchev–Trinajstić information content (AvgIpc) is 3.77. The summed E-state index contributed by atoms with van der Waals surface area (Å²) in [5, 5.41) is 2.81. The molecule has 0 spiro atoms. The molecule has 4 atom stereocenters. The summed E-state index contributed by atoms with van der Waals surface area (Å²) in [5.74, 6) is -0.235. The first kappa shape index (κ1) is 38.5. The van der Waals surface area contributed by atoms with Gasteiger partial charge in [0, 0.05) is 51.8 Å². The van der Waals surface area contributed by atoms with Crippen molar-refractivity contribution in [2.24, 2.45) is 11.8 Å². The Kier molecular flexibility index (Phi) is 14.0. The van der Waals surface area contributed by atoms with E-state index in [-0.39, 0.29) is 42.0 Å². The summed E-state index contributed by atoms with van der Waals surface area (Å²) in [6, 6.07) is 4.71. The van der Waals surface area contributed by atoms with Crippen molar-refractivity contribution in [2.75, 3.05) is 41.9 Å². The van der Waals surface area contributed by atoms with E-state index in [2.05, 4.69) is 4.98 Å². The normalized spacial score (nSPS) is 16.8. The van der Waals surface area contributed by atoms with Gasteiger partial charge in [-0.1, -0.05) is 39.8 Å². The number of methoxy groups -OCH3 is 2. The number of hydrogen-bond donors (Lipinski definition) is 0. The van der Waals surface area contributed by atoms with Crippen molar-refractivity contribution >= 4 is 35.0 Å². The maximum Gasteiger partial charge on any atom is 0.250 e. The summed E-state index contributed by atoms with van der Waals surface area (Å²) < 4.78 is 10.5. The largest absolute Gasteiger partial charge is 0.501 e. The zero-order valence-corrected chi connectivity index (χ0v) is 31.0. The van der Waals surface area contributed by atoms with Crippen molar-refractivity contribution in [3.05, 3.63) is 58.2 Å². The first-order chi connectivity index (χ1) is 22.7. The highest BCUT2D eigenvalue weighted by atomic mass is 32.1. The Balaban J connectivity index is 1.94. The van der Waals surface area contributed by atoms with Crippen LogP contribution < -0.4 is 4.74 Å². The van der Waals surface area contributed by atoms with Gasteiger partial charge in [0.2, 0.25) is 23.6 Å². The minimum absolute atomic E-state index is 0.0651. The molecule has 1 saturated heterocycles. The third kappa shape index (κ3) is 9.36. The molecule has 264 valence electrons. The Morgan fingerprint density at radius 2 is 1.62 bits per heavy atom. The summed E-state index contributed by atoms with van der Waals surface area (Å²) in [7, 11) is 7.91. The van der Waals surface area contributed by atoms with Crippen LogP contribution in [0.2, 0.25) is 0 Å². The number of rotatable bonds is 15. The second-order valence-electron chi connectivity index (χ2n) is 13.3. The number of thiazole rings is 1. The molecule has 1 aromatic carbocycles. The Bertz CT molecular complexity index is 1410. The standard InChI is InChI=1S/C36H53N5O6S/c1-23(2)20-29(35(44)40(8)32(24(3)4)36(45)41-18-11-12-28(41)33-37-17-19-48-33)39(7)34(43)30(38(6)31(42)21-25(5)46-9)22-26-13-15-27(47-10)16-14-26/h13-17,19,21,23-24,28-30,32H,11-12,18,20,22H2,1-10H3. The van der Waals surface area contributed by atoms with Gasteiger partial charge in [0.05, 0.1) is 26.0 Å². The predicted octanol–water partition coefficient (Wildman–Crippen LogP) is 4.79. The molecule has 0 radical (unpaired) electrons. The highest BCUT2D eigenvalue weighted by molar-refractivity contribution is 7.09. The molecular weight excluding hydrogens is 630 g/mol. The fourth-order valence-corrected chi connectivity index (χ4v) is 7.03. The summed E-state index contributed by atoms with van der Waals surface area (Å²) in [4.78, 5) is 67.1. The van der Waals surface area contributed by atoms with E-state index in [1.165, 1.54) is 39.2 Å². The van der Waals surface area contributed by atoms with Gasteiger partial charge in [0.1, 0.15) is 28.9 Å². The van der Waals surface area contributed by atoms with Crippen molar-refractivity contribution < 1.29 is 28.7 Å². The van der Waals surface area contributed by atoms with E-state index in [9.17, 15) is 19.2 Å². The van der Waals surface area contributed by atoms with Gasteiger partial charge in [-0.3, -0.25) is 19.2 Å². The molecule has 2 heterocycles. The van der Waals surface area contributed by atoms with Crippen molar-refractivity contribution in [1.29, 1.82) is 0 Å². The Labute approximate surface area is 289 Å². The molecule has 1 aromatic heterocycles. The van der Waals surface area contributed by atoms with Crippen LogP contribution in [0.3, 0.4) is 0 Å². The van der Waals surface area contributed by atoms with E-state index >= 15 is 0 Å². The topological polar surface area (TPSA) is 113 Å². The van der Waals surface area contributed by atoms with E-state index in [1.54, 1.807) is 53.5 Å². The van der Waals surface area contributed by atoms with Crippen molar-refractivity contribution in [2.45, 2.75) is 84.5 Å². The summed E-state index contributed by atoms with van der Waals surface area (Å²) >= 11 is 1.53. The third-order valence-electron chi connectivity index (χ3n) is 9.05. The van der Waals surface area contributed by atoms with Gasteiger partial charge in [-0.15, -0.1) is 11.3 Å². The fourth-order valence-electron chi connectivity index (χ4n) is 6.25. The fraction of sp³-hybridized carbons (Fsp3) is 0.583. The second kappa shape index (κ2) is 17.5. The van der Waals surface area contributed by atoms with Gasteiger partial charge in [-0.2, -0.15) is 0 Å². The van der Waals surface area contributed by atoms with Gasteiger partial charge in [-0.25, -0.2) is 4.98 Å². The molecule has 4 unspecified atom stereocenters. The summed E-state index contributed by atoms with van der Waals surface area (Å²) in [6.07, 6.45) is 5.39. The number of carbonyl (C=O) groups excluding carboxylic acids is 4. The maximum atomic E-state index is 14.5. The van der Waals surface area contributed by atoms with Crippen LogP contribution in [0.4, 0.5) is 0 Å². The van der Waals surface area contributed by atoms with Crippen LogP contribution in [0, 0.1) is 11.8 Å². The number of likely N-dealkylation sites (N-methyl/N-ethyl adjacent to an activating group) is 3. The molecule has 4 amide bonds. The predicted molar refractivity (Wildman–Crippen MR) is 187 cm³/mol. The molecule has 1 fully saturated rings. The number of benzene rings is 1. The highest BCUT2D eigenvalue weighted by Gasteiger charge is 2.42. The molecule has 0 bridgehead atoms. The molecule has 12 heteroatoms. The van der Waals surface area contributed by atoms with Crippen LogP contribution >= 0.6 is 11.3 Å². The lowest BCUT2D eigenvalue weighted by atomic mass is 9.96. The quantitative estimate of drug-likeness (QED) is 0.196. The van der Waals surface area contributed by atoms with Gasteiger partial charge in [-0.05, 0) is 55.7 Å². The number of carbonyl (C=O) groups is 4. The minimum Gasteiger partial charge on any atom is -0.501 e. The molecular formula is C36H53N5O6S. The van der Waals surface area contributed by atoms with E-state index in [0.29, 0.717) is 24.5 Å². The molecule has 11 nitrogen and oxygen atoms in total. The minimum atomic E-state index is -0.921. The SMILES string of the molecule is COC(C)=CC(=O)N(C)C(Cc1ccc(OC)cc1)C(=O)N(C)C(CC(C)C)C(=O)N(C)C(C(=O)N1CCCC1c1nccs1)C(C)C. The molecule has 0 N–H and O–H groups in total. The second-order valence-corrected chi connectivity index (χ2v) is 14.2. The van der Waals surface area contributed by atoms with Crippen molar-refractivity contribution in [3.63, 3.8) is 0 Å². The summed E-state index contributed by atoms with van der Waals surface area (Å²) in [5.41, 5.74) is 0.823. The van der Waals surface area contributed by atoms with E-state index in [1.807, 2.05) is 50.1 Å². The molecule has 2 aromatic rings. The first-order valence-electron chi connectivity index (χ1n) is 16.6. The molecule has 3 rings (SSSR count). The average molecular weight is 684 g/mol. The van der Waals surface area contributed by atoms with Gasteiger partial charge in [0.25, 0.3) is 0 Å². The van der Waals surface area contributed by atoms with Crippen LogP contribution in [0.25, 0.3) is 0 Å². The lowest BCUT2D eigenvalue weighted by molar-refractivity contribution is -0.154. The van der Waals surface area contributed by atoms with E-state index in [4.69, 9.17) is 9.47 Å². The van der Waals surface area contributed by atoms with Gasteiger partial charge in [0.15, 0.2) is 0 Å². The van der Waals surface area contributed by atoms with E-state index < -0.39 is 24.0 Å². The van der Waals surface area contributed by atoms with Crippen molar-refractivity contribution in [1.82, 2.24) is 24.6 Å². The van der Waals surface area contributed by atoms with Crippen LogP contribution in [0.1, 0.15) is 70.5 Å². The van der Waals surface area contributed by atoms with Gasteiger partial charge >= 0.3 is 0 Å². The van der Waals surface area contributed by atoms with Gasteiger partial charge < -0.3 is 29.1 Å². The number of nitrogens with zero attached hydrogens (tertiary/aromatic N) is 5. The number of amides is 4. The Morgan fingerprint density at radius 1 is 0.979 bits per heavy atom. The number of allylic oxidation sites excluding steroid dienone is 1. The van der Waals surface area contributed by atoms with E-state index in [0.717, 1.165) is 23.4 Å². The van der Waals surface area contributed by atoms with Crippen LogP contribution in [0.5, 0.6) is 5.75 Å². The van der Waals surface area contributed by atoms with Crippen molar-refractivity contribution in [3.8, 4) is 5.75 Å². The number of aromatic nitrogens is 1. The van der Waals surface area contributed by atoms with Crippen LogP contribution in [-0.2, 0) is 30.3 Å². The molecule has 1 aliphatic rings. The number of likely N-dealkylation sites (tertiary alicyclic amines) is 1.